The molecule has 0 unspecified atom stereocenters. The van der Waals surface area contributed by atoms with Crippen LogP contribution in [0.5, 0.6) is 5.75 Å². The van der Waals surface area contributed by atoms with E-state index in [0.29, 0.717) is 22.5 Å². The molecule has 4 aromatic rings. The number of ether oxygens (including phenoxy) is 1. The molecule has 0 spiro atoms. The quantitative estimate of drug-likeness (QED) is 0.199. The number of aryl methyl sites for hydroxylation is 1. The normalized spacial score (nSPS) is 13.7. The fourth-order valence-electron chi connectivity index (χ4n) is 4.94. The summed E-state index contributed by atoms with van der Waals surface area (Å²) in [6, 6.07) is 20.1. The van der Waals surface area contributed by atoms with Crippen LogP contribution >= 0.6 is 11.8 Å². The van der Waals surface area contributed by atoms with Gasteiger partial charge in [0.2, 0.25) is 11.7 Å². The number of methoxy groups -OCH3 is 1. The molecule has 11 nitrogen and oxygen atoms in total. The van der Waals surface area contributed by atoms with E-state index in [1.54, 1.807) is 7.11 Å². The zero-order valence-electron chi connectivity index (χ0n) is 25.1. The maximum absolute atomic E-state index is 11.4. The van der Waals surface area contributed by atoms with Gasteiger partial charge >= 0.3 is 0 Å². The maximum atomic E-state index is 11.4. The molecular weight excluding hydrogens is 562 g/mol. The number of carbonyl (C=O) groups excluding carboxylic acids is 1. The molecule has 43 heavy (non-hydrogen) atoms. The van der Waals surface area contributed by atoms with E-state index in [9.17, 15) is 4.79 Å². The van der Waals surface area contributed by atoms with Crippen molar-refractivity contribution in [3.63, 3.8) is 0 Å². The van der Waals surface area contributed by atoms with Crippen molar-refractivity contribution in [2.24, 2.45) is 0 Å². The third-order valence-corrected chi connectivity index (χ3v) is 8.01. The largest absolute Gasteiger partial charge is 0.490 e. The van der Waals surface area contributed by atoms with Crippen molar-refractivity contribution in [1.82, 2.24) is 30.0 Å². The highest BCUT2D eigenvalue weighted by Gasteiger charge is 2.25. The zero-order valence-corrected chi connectivity index (χ0v) is 25.9. The first-order valence-corrected chi connectivity index (χ1v) is 15.2. The molecule has 0 bridgehead atoms. The van der Waals surface area contributed by atoms with E-state index in [-0.39, 0.29) is 5.91 Å². The van der Waals surface area contributed by atoms with Crippen LogP contribution in [0.15, 0.2) is 70.7 Å². The molecule has 1 amide bonds. The fraction of sp³-hybridized carbons (Fsp3) is 0.355. The minimum Gasteiger partial charge on any atom is -0.490 e. The van der Waals surface area contributed by atoms with E-state index < -0.39 is 0 Å². The standard InChI is InChI=1S/C31H39N9O2S/c1-22-20-27(37-36-22)33-29-28(42-4)30(35-31(34-29)43-26-12-10-25(11-13-26)32-23(2)41)40-18-16-39(17-19-40)15-14-38(3)21-24-8-6-5-7-9-24/h5-13,20H,14-19,21H2,1-4H3,(H,32,41)(H2,33,34,35,36,37). The smallest absolute Gasteiger partial charge is 0.221 e. The van der Waals surface area contributed by atoms with Crippen LogP contribution in [0.3, 0.4) is 0 Å². The van der Waals surface area contributed by atoms with Gasteiger partial charge in [-0.05, 0) is 55.6 Å². The van der Waals surface area contributed by atoms with Crippen LogP contribution in [0, 0.1) is 6.92 Å². The van der Waals surface area contributed by atoms with E-state index in [1.165, 1.54) is 24.2 Å². The lowest BCUT2D eigenvalue weighted by atomic mass is 10.2. The van der Waals surface area contributed by atoms with Gasteiger partial charge in [0, 0.05) is 75.1 Å². The van der Waals surface area contributed by atoms with Gasteiger partial charge in [0.1, 0.15) is 0 Å². The number of nitrogens with zero attached hydrogens (tertiary/aromatic N) is 6. The average molecular weight is 602 g/mol. The van der Waals surface area contributed by atoms with Crippen molar-refractivity contribution in [3.05, 3.63) is 71.9 Å². The Balaban J connectivity index is 1.29. The molecule has 2 aromatic carbocycles. The number of aromatic amines is 1. The molecule has 0 aliphatic carbocycles. The van der Waals surface area contributed by atoms with Gasteiger partial charge in [-0.3, -0.25) is 14.8 Å². The first kappa shape index (κ1) is 30.3. The van der Waals surface area contributed by atoms with Gasteiger partial charge in [0.25, 0.3) is 0 Å². The molecule has 3 N–H and O–H groups in total. The minimum atomic E-state index is -0.104. The topological polar surface area (TPSA) is 115 Å². The summed E-state index contributed by atoms with van der Waals surface area (Å²) >= 11 is 1.45. The highest BCUT2D eigenvalue weighted by atomic mass is 32.2. The Labute approximate surface area is 257 Å². The lowest BCUT2D eigenvalue weighted by Crippen LogP contribution is -2.48. The monoisotopic (exact) mass is 601 g/mol. The van der Waals surface area contributed by atoms with Crippen molar-refractivity contribution >= 4 is 40.8 Å². The van der Waals surface area contributed by atoms with E-state index in [2.05, 4.69) is 72.9 Å². The second-order valence-corrected chi connectivity index (χ2v) is 11.7. The predicted octanol–water partition coefficient (Wildman–Crippen LogP) is 4.62. The summed E-state index contributed by atoms with van der Waals surface area (Å²) in [6.07, 6.45) is 0. The van der Waals surface area contributed by atoms with Crippen LogP contribution in [0.4, 0.5) is 23.1 Å². The van der Waals surface area contributed by atoms with Gasteiger partial charge in [0.15, 0.2) is 22.6 Å². The van der Waals surface area contributed by atoms with E-state index >= 15 is 0 Å². The minimum absolute atomic E-state index is 0.104. The first-order valence-electron chi connectivity index (χ1n) is 14.4. The number of benzene rings is 2. The molecule has 12 heteroatoms. The number of piperazine rings is 1. The number of H-pyrrole nitrogens is 1. The molecule has 1 saturated heterocycles. The third kappa shape index (κ3) is 8.46. The second kappa shape index (κ2) is 14.4. The summed E-state index contributed by atoms with van der Waals surface area (Å²) in [4.78, 5) is 29.3. The molecule has 3 heterocycles. The average Bonchev–Trinajstić information content (AvgIpc) is 3.41. The number of likely N-dealkylation sites (N-methyl/N-ethyl adjacent to an activating group) is 1. The molecule has 0 radical (unpaired) electrons. The second-order valence-electron chi connectivity index (χ2n) is 10.6. The summed E-state index contributed by atoms with van der Waals surface area (Å²) in [5.74, 6) is 2.45. The Kier molecular flexibility index (Phi) is 10.1. The van der Waals surface area contributed by atoms with Gasteiger partial charge in [0.05, 0.1) is 7.11 Å². The van der Waals surface area contributed by atoms with Crippen molar-refractivity contribution in [2.75, 3.05) is 69.0 Å². The molecule has 226 valence electrons. The number of aromatic nitrogens is 4. The molecule has 2 aromatic heterocycles. The van der Waals surface area contributed by atoms with Crippen molar-refractivity contribution in [3.8, 4) is 5.75 Å². The Morgan fingerprint density at radius 1 is 1.07 bits per heavy atom. The summed E-state index contributed by atoms with van der Waals surface area (Å²) in [7, 11) is 3.83. The molecule has 1 aliphatic rings. The Hall–Kier alpha value is -4.13. The number of anilines is 4. The van der Waals surface area contributed by atoms with E-state index in [4.69, 9.17) is 14.7 Å². The maximum Gasteiger partial charge on any atom is 0.221 e. The lowest BCUT2D eigenvalue weighted by Gasteiger charge is -2.36. The molecule has 1 aliphatic heterocycles. The molecule has 0 saturated carbocycles. The number of amides is 1. The third-order valence-electron chi connectivity index (χ3n) is 7.13. The van der Waals surface area contributed by atoms with Crippen LogP contribution in [0.25, 0.3) is 0 Å². The highest BCUT2D eigenvalue weighted by Crippen LogP contribution is 2.38. The summed E-state index contributed by atoms with van der Waals surface area (Å²) < 4.78 is 5.89. The SMILES string of the molecule is COc1c(Nc2cc(C)[nH]n2)nc(Sc2ccc(NC(C)=O)cc2)nc1N1CCN(CCN(C)Cc2ccccc2)CC1. The van der Waals surface area contributed by atoms with E-state index in [0.717, 1.165) is 67.9 Å². The fourth-order valence-corrected chi connectivity index (χ4v) is 5.69. The molecular formula is C31H39N9O2S. The lowest BCUT2D eigenvalue weighted by molar-refractivity contribution is -0.114. The molecule has 0 atom stereocenters. The van der Waals surface area contributed by atoms with Crippen LogP contribution < -0.4 is 20.3 Å². The number of rotatable bonds is 12. The van der Waals surface area contributed by atoms with Crippen molar-refractivity contribution in [2.45, 2.75) is 30.4 Å². The molecule has 5 rings (SSSR count). The van der Waals surface area contributed by atoms with Crippen LogP contribution in [-0.4, -0.2) is 89.3 Å². The number of carbonyl (C=O) groups is 1. The number of hydrogen-bond donors (Lipinski definition) is 3. The van der Waals surface area contributed by atoms with Crippen molar-refractivity contribution < 1.29 is 9.53 Å². The zero-order chi connectivity index (χ0) is 30.2. The Morgan fingerprint density at radius 3 is 2.47 bits per heavy atom. The first-order chi connectivity index (χ1) is 20.9. The Morgan fingerprint density at radius 2 is 1.81 bits per heavy atom. The van der Waals surface area contributed by atoms with Crippen LogP contribution in [0.2, 0.25) is 0 Å². The van der Waals surface area contributed by atoms with E-state index in [1.807, 2.05) is 37.3 Å². The summed E-state index contributed by atoms with van der Waals surface area (Å²) in [5, 5.41) is 14.0. The number of nitrogens with one attached hydrogen (secondary N) is 3. The summed E-state index contributed by atoms with van der Waals surface area (Å²) in [6.45, 7) is 9.92. The van der Waals surface area contributed by atoms with Gasteiger partial charge in [-0.1, -0.05) is 30.3 Å². The number of hydrogen-bond acceptors (Lipinski definition) is 10. The van der Waals surface area contributed by atoms with Gasteiger partial charge in [-0.25, -0.2) is 9.97 Å². The van der Waals surface area contributed by atoms with Gasteiger partial charge in [-0.2, -0.15) is 5.10 Å². The Bertz CT molecular complexity index is 1490. The van der Waals surface area contributed by atoms with Crippen LogP contribution in [-0.2, 0) is 11.3 Å². The van der Waals surface area contributed by atoms with Crippen molar-refractivity contribution in [1.29, 1.82) is 0 Å². The summed E-state index contributed by atoms with van der Waals surface area (Å²) in [5.41, 5.74) is 3.01. The van der Waals surface area contributed by atoms with Crippen LogP contribution in [0.1, 0.15) is 18.2 Å². The predicted molar refractivity (Wildman–Crippen MR) is 171 cm³/mol. The van der Waals surface area contributed by atoms with Gasteiger partial charge in [-0.15, -0.1) is 0 Å². The highest BCUT2D eigenvalue weighted by molar-refractivity contribution is 7.99. The molecule has 1 fully saturated rings. The van der Waals surface area contributed by atoms with Gasteiger partial charge < -0.3 is 25.2 Å².